The van der Waals surface area contributed by atoms with Crippen molar-refractivity contribution in [3.63, 3.8) is 0 Å². The van der Waals surface area contributed by atoms with Crippen LogP contribution in [0.4, 0.5) is 0 Å². The van der Waals surface area contributed by atoms with E-state index < -0.39 is 5.97 Å². The average Bonchev–Trinajstić information content (AvgIpc) is 2.13. The summed E-state index contributed by atoms with van der Waals surface area (Å²) in [6.07, 6.45) is -0.0530. The maximum atomic E-state index is 10.9. The lowest BCUT2D eigenvalue weighted by molar-refractivity contribution is -0.139. The second-order valence-electron chi connectivity index (χ2n) is 2.65. The standard InChI is InChI=1S/C9H8Cl2O3/c1-14-8(12)3-5-2-6(10)4-7(11)9(5)13/h2,4,13H,3H2,1H3. The fraction of sp³-hybridized carbons (Fsp3) is 0.222. The minimum Gasteiger partial charge on any atom is -0.506 e. The van der Waals surface area contributed by atoms with Gasteiger partial charge >= 0.3 is 5.97 Å². The van der Waals surface area contributed by atoms with Gasteiger partial charge in [0.2, 0.25) is 0 Å². The van der Waals surface area contributed by atoms with Gasteiger partial charge in [0.15, 0.2) is 0 Å². The highest BCUT2D eigenvalue weighted by Gasteiger charge is 2.11. The fourth-order valence-electron chi connectivity index (χ4n) is 0.982. The molecule has 0 aromatic heterocycles. The molecule has 14 heavy (non-hydrogen) atoms. The van der Waals surface area contributed by atoms with E-state index in [2.05, 4.69) is 4.74 Å². The molecule has 0 unspecified atom stereocenters. The highest BCUT2D eigenvalue weighted by Crippen LogP contribution is 2.31. The molecule has 1 aromatic rings. The maximum Gasteiger partial charge on any atom is 0.310 e. The second kappa shape index (κ2) is 4.53. The SMILES string of the molecule is COC(=O)Cc1cc(Cl)cc(Cl)c1O. The fourth-order valence-corrected chi connectivity index (χ4v) is 1.52. The Bertz CT molecular complexity index is 363. The summed E-state index contributed by atoms with van der Waals surface area (Å²) >= 11 is 11.4. The monoisotopic (exact) mass is 234 g/mol. The molecule has 0 aliphatic carbocycles. The van der Waals surface area contributed by atoms with Gasteiger partial charge in [0.1, 0.15) is 5.75 Å². The van der Waals surface area contributed by atoms with Crippen molar-refractivity contribution in [1.29, 1.82) is 0 Å². The number of esters is 1. The Balaban J connectivity index is 3.02. The lowest BCUT2D eigenvalue weighted by Gasteiger charge is -2.05. The molecule has 1 N–H and O–H groups in total. The largest absolute Gasteiger partial charge is 0.506 e. The molecule has 0 atom stereocenters. The van der Waals surface area contributed by atoms with Gasteiger partial charge in [-0.2, -0.15) is 0 Å². The van der Waals surface area contributed by atoms with Crippen molar-refractivity contribution in [2.45, 2.75) is 6.42 Å². The average molecular weight is 235 g/mol. The number of aromatic hydroxyl groups is 1. The van der Waals surface area contributed by atoms with Gasteiger partial charge in [-0.25, -0.2) is 0 Å². The molecule has 1 aromatic carbocycles. The second-order valence-corrected chi connectivity index (χ2v) is 3.49. The summed E-state index contributed by atoms with van der Waals surface area (Å²) in [5.41, 5.74) is 0.356. The number of halogens is 2. The third-order valence-corrected chi connectivity index (χ3v) is 2.18. The van der Waals surface area contributed by atoms with Gasteiger partial charge in [0.05, 0.1) is 18.6 Å². The van der Waals surface area contributed by atoms with Gasteiger partial charge in [0.25, 0.3) is 0 Å². The van der Waals surface area contributed by atoms with E-state index in [1.54, 1.807) is 0 Å². The number of phenolic OH excluding ortho intramolecular Hbond substituents is 1. The normalized spacial score (nSPS) is 9.93. The van der Waals surface area contributed by atoms with Crippen LogP contribution in [0.25, 0.3) is 0 Å². The van der Waals surface area contributed by atoms with Gasteiger partial charge in [-0.15, -0.1) is 0 Å². The van der Waals surface area contributed by atoms with Crippen molar-refractivity contribution in [3.8, 4) is 5.75 Å². The summed E-state index contributed by atoms with van der Waals surface area (Å²) in [7, 11) is 1.27. The van der Waals surface area contributed by atoms with Crippen LogP contribution < -0.4 is 0 Å². The molecular weight excluding hydrogens is 227 g/mol. The first kappa shape index (κ1) is 11.1. The van der Waals surface area contributed by atoms with E-state index in [4.69, 9.17) is 23.2 Å². The summed E-state index contributed by atoms with van der Waals surface area (Å²) in [5.74, 6) is -0.597. The first-order valence-electron chi connectivity index (χ1n) is 3.78. The topological polar surface area (TPSA) is 46.5 Å². The summed E-state index contributed by atoms with van der Waals surface area (Å²) < 4.78 is 4.45. The molecule has 0 amide bonds. The van der Waals surface area contributed by atoms with Crippen molar-refractivity contribution in [3.05, 3.63) is 27.7 Å². The molecule has 5 heteroatoms. The van der Waals surface area contributed by atoms with Crippen molar-refractivity contribution >= 4 is 29.2 Å². The Kier molecular flexibility index (Phi) is 3.61. The quantitative estimate of drug-likeness (QED) is 0.800. The molecule has 0 aliphatic heterocycles. The third-order valence-electron chi connectivity index (χ3n) is 1.67. The molecule has 0 saturated heterocycles. The van der Waals surface area contributed by atoms with Crippen LogP contribution in [0.3, 0.4) is 0 Å². The molecule has 0 spiro atoms. The molecule has 0 radical (unpaired) electrons. The lowest BCUT2D eigenvalue weighted by atomic mass is 10.1. The van der Waals surface area contributed by atoms with Gasteiger partial charge in [-0.3, -0.25) is 4.79 Å². The summed E-state index contributed by atoms with van der Waals surface area (Å²) in [6.45, 7) is 0. The molecule has 0 fully saturated rings. The van der Waals surface area contributed by atoms with Crippen LogP contribution in [-0.2, 0) is 16.0 Å². The van der Waals surface area contributed by atoms with Crippen LogP contribution in [0.2, 0.25) is 10.0 Å². The number of hydrogen-bond acceptors (Lipinski definition) is 3. The molecule has 0 bridgehead atoms. The van der Waals surface area contributed by atoms with Gasteiger partial charge < -0.3 is 9.84 Å². The number of ether oxygens (including phenoxy) is 1. The highest BCUT2D eigenvalue weighted by molar-refractivity contribution is 6.35. The summed E-state index contributed by atoms with van der Waals surface area (Å²) in [5, 5.41) is 9.96. The van der Waals surface area contributed by atoms with E-state index >= 15 is 0 Å². The van der Waals surface area contributed by atoms with E-state index in [0.29, 0.717) is 10.6 Å². The van der Waals surface area contributed by atoms with E-state index in [0.717, 1.165) is 0 Å². The first-order valence-corrected chi connectivity index (χ1v) is 4.54. The number of rotatable bonds is 2. The van der Waals surface area contributed by atoms with Crippen molar-refractivity contribution < 1.29 is 14.6 Å². The Hall–Kier alpha value is -0.930. The van der Waals surface area contributed by atoms with Gasteiger partial charge in [-0.05, 0) is 12.1 Å². The number of carbonyl (C=O) groups excluding carboxylic acids is 1. The van der Waals surface area contributed by atoms with Gasteiger partial charge in [0, 0.05) is 10.6 Å². The molecule has 0 saturated carbocycles. The number of methoxy groups -OCH3 is 1. The summed E-state index contributed by atoms with van der Waals surface area (Å²) in [6, 6.07) is 2.87. The molecule has 0 heterocycles. The minimum atomic E-state index is -0.460. The van der Waals surface area contributed by atoms with Crippen LogP contribution in [0, 0.1) is 0 Å². The highest BCUT2D eigenvalue weighted by atomic mass is 35.5. The van der Waals surface area contributed by atoms with Crippen LogP contribution in [-0.4, -0.2) is 18.2 Å². The van der Waals surface area contributed by atoms with Crippen LogP contribution in [0.15, 0.2) is 12.1 Å². The Labute approximate surface area is 91.2 Å². The van der Waals surface area contributed by atoms with E-state index in [-0.39, 0.29) is 17.2 Å². The number of hydrogen-bond donors (Lipinski definition) is 1. The predicted molar refractivity (Wildman–Crippen MR) is 53.8 cm³/mol. The van der Waals surface area contributed by atoms with Crippen LogP contribution in [0.5, 0.6) is 5.75 Å². The maximum absolute atomic E-state index is 10.9. The molecule has 3 nitrogen and oxygen atoms in total. The van der Waals surface area contributed by atoms with Crippen molar-refractivity contribution in [2.24, 2.45) is 0 Å². The first-order chi connectivity index (χ1) is 6.54. The lowest BCUT2D eigenvalue weighted by Crippen LogP contribution is -2.04. The zero-order valence-corrected chi connectivity index (χ0v) is 8.89. The van der Waals surface area contributed by atoms with E-state index in [1.807, 2.05) is 0 Å². The smallest absolute Gasteiger partial charge is 0.310 e. The van der Waals surface area contributed by atoms with Crippen LogP contribution in [0.1, 0.15) is 5.56 Å². The number of phenols is 1. The predicted octanol–water partition coefficient (Wildman–Crippen LogP) is 2.41. The molecule has 76 valence electrons. The Morgan fingerprint density at radius 1 is 1.50 bits per heavy atom. The van der Waals surface area contributed by atoms with Crippen molar-refractivity contribution in [1.82, 2.24) is 0 Å². The number of carbonyl (C=O) groups is 1. The zero-order chi connectivity index (χ0) is 10.7. The third kappa shape index (κ3) is 2.53. The molecular formula is C9H8Cl2O3. The van der Waals surface area contributed by atoms with Crippen molar-refractivity contribution in [2.75, 3.05) is 7.11 Å². The van der Waals surface area contributed by atoms with Gasteiger partial charge in [-0.1, -0.05) is 23.2 Å². The minimum absolute atomic E-state index is 0.0530. The Morgan fingerprint density at radius 3 is 2.71 bits per heavy atom. The van der Waals surface area contributed by atoms with Crippen LogP contribution >= 0.6 is 23.2 Å². The molecule has 1 rings (SSSR count). The molecule has 0 aliphatic rings. The Morgan fingerprint density at radius 2 is 2.14 bits per heavy atom. The number of benzene rings is 1. The van der Waals surface area contributed by atoms with E-state index in [1.165, 1.54) is 19.2 Å². The summed E-state index contributed by atoms with van der Waals surface area (Å²) in [4.78, 5) is 10.9. The van der Waals surface area contributed by atoms with E-state index in [9.17, 15) is 9.90 Å². The zero-order valence-electron chi connectivity index (χ0n) is 7.38.